The summed E-state index contributed by atoms with van der Waals surface area (Å²) < 4.78 is 12.8. The van der Waals surface area contributed by atoms with Crippen LogP contribution in [0.1, 0.15) is 61.8 Å². The molecule has 9 nitrogen and oxygen atoms in total. The predicted molar refractivity (Wildman–Crippen MR) is 176 cm³/mol. The van der Waals surface area contributed by atoms with Gasteiger partial charge in [0.15, 0.2) is 11.5 Å². The highest BCUT2D eigenvalue weighted by Gasteiger charge is 2.37. The number of thioether (sulfide) groups is 1. The van der Waals surface area contributed by atoms with Crippen LogP contribution in [0.15, 0.2) is 83.8 Å². The number of likely N-dealkylation sites (N-methyl/N-ethyl adjacent to an activating group) is 1. The number of rotatable bonds is 13. The number of carboxylic acids is 1. The lowest BCUT2D eigenvalue weighted by Gasteiger charge is -2.36. The quantitative estimate of drug-likeness (QED) is 0.204. The molecule has 240 valence electrons. The minimum atomic E-state index is -1.28. The van der Waals surface area contributed by atoms with Crippen molar-refractivity contribution in [3.8, 4) is 11.5 Å². The Morgan fingerprint density at radius 3 is 2.35 bits per heavy atom. The van der Waals surface area contributed by atoms with E-state index < -0.39 is 29.8 Å². The van der Waals surface area contributed by atoms with Crippen molar-refractivity contribution in [3.05, 3.63) is 100 Å². The zero-order valence-electron chi connectivity index (χ0n) is 25.8. The Morgan fingerprint density at radius 2 is 1.67 bits per heavy atom. The molecular formula is C36H38N2O7S. The Labute approximate surface area is 273 Å². The molecular weight excluding hydrogens is 604 g/mol. The van der Waals surface area contributed by atoms with Gasteiger partial charge in [0, 0.05) is 24.6 Å². The molecule has 1 aliphatic heterocycles. The molecule has 1 N–H and O–H groups in total. The number of benzene rings is 3. The second kappa shape index (κ2) is 15.6. The molecule has 2 fully saturated rings. The molecule has 0 bridgehead atoms. The highest BCUT2D eigenvalue weighted by atomic mass is 32.2. The van der Waals surface area contributed by atoms with Crippen molar-refractivity contribution in [2.24, 2.45) is 0 Å². The van der Waals surface area contributed by atoms with Crippen molar-refractivity contribution in [1.82, 2.24) is 9.80 Å². The SMILES string of the molecule is CCN(C(=O)C(Oc1cc(C=C2SC(=O)N(CC(=O)O)C2=O)ccc1OCCc1ccccc1)c1ccccc1)C1CCCCC1. The molecule has 1 aliphatic carbocycles. The van der Waals surface area contributed by atoms with E-state index in [-0.39, 0.29) is 16.9 Å². The van der Waals surface area contributed by atoms with Crippen molar-refractivity contribution in [2.45, 2.75) is 57.6 Å². The number of ether oxygens (including phenoxy) is 2. The maximum Gasteiger partial charge on any atom is 0.323 e. The minimum absolute atomic E-state index is 0.0973. The lowest BCUT2D eigenvalue weighted by molar-refractivity contribution is -0.142. The van der Waals surface area contributed by atoms with E-state index >= 15 is 0 Å². The number of hydrogen-bond donors (Lipinski definition) is 1. The molecule has 3 aromatic rings. The lowest BCUT2D eigenvalue weighted by atomic mass is 9.93. The Hall–Kier alpha value is -4.57. The first-order valence-electron chi connectivity index (χ1n) is 15.6. The van der Waals surface area contributed by atoms with Gasteiger partial charge >= 0.3 is 5.97 Å². The number of amides is 3. The molecule has 3 aromatic carbocycles. The van der Waals surface area contributed by atoms with E-state index in [1.165, 1.54) is 12.5 Å². The fourth-order valence-electron chi connectivity index (χ4n) is 5.83. The molecule has 0 radical (unpaired) electrons. The molecule has 3 amide bonds. The van der Waals surface area contributed by atoms with Crippen molar-refractivity contribution < 1.29 is 33.8 Å². The van der Waals surface area contributed by atoms with E-state index in [0.29, 0.717) is 58.9 Å². The van der Waals surface area contributed by atoms with Gasteiger partial charge in [-0.1, -0.05) is 86.0 Å². The fourth-order valence-corrected chi connectivity index (χ4v) is 6.66. The van der Waals surface area contributed by atoms with E-state index in [9.17, 15) is 19.2 Å². The van der Waals surface area contributed by atoms with Crippen LogP contribution < -0.4 is 9.47 Å². The standard InChI is InChI=1S/C36H38N2O7S/c1-2-37(28-16-10-5-11-17-28)35(42)33(27-14-8-4-9-15-27)45-30-22-26(23-31-34(41)38(24-32(39)40)36(43)46-31)18-19-29(30)44-21-20-25-12-6-3-7-13-25/h3-4,6-9,12-15,18-19,22-23,28,33H,2,5,10-11,16-17,20-21,24H2,1H3,(H,39,40). The maximum absolute atomic E-state index is 14.3. The highest BCUT2D eigenvalue weighted by Crippen LogP contribution is 2.37. The summed E-state index contributed by atoms with van der Waals surface area (Å²) in [5.41, 5.74) is 2.35. The third kappa shape index (κ3) is 8.17. The topological polar surface area (TPSA) is 113 Å². The van der Waals surface area contributed by atoms with Gasteiger partial charge in [-0.05, 0) is 60.9 Å². The predicted octanol–water partition coefficient (Wildman–Crippen LogP) is 6.73. The summed E-state index contributed by atoms with van der Waals surface area (Å²) in [6, 6.07) is 24.6. The number of carbonyl (C=O) groups excluding carboxylic acids is 3. The summed E-state index contributed by atoms with van der Waals surface area (Å²) >= 11 is 0.681. The third-order valence-electron chi connectivity index (χ3n) is 8.13. The van der Waals surface area contributed by atoms with Crippen molar-refractivity contribution in [2.75, 3.05) is 19.7 Å². The van der Waals surface area contributed by atoms with Gasteiger partial charge in [-0.3, -0.25) is 24.1 Å². The first-order valence-corrected chi connectivity index (χ1v) is 16.5. The normalized spacial score (nSPS) is 16.8. The average Bonchev–Trinajstić information content (AvgIpc) is 3.32. The second-order valence-electron chi connectivity index (χ2n) is 11.3. The van der Waals surface area contributed by atoms with Crippen LogP contribution in [0.3, 0.4) is 0 Å². The van der Waals surface area contributed by atoms with E-state index in [0.717, 1.165) is 31.2 Å². The van der Waals surface area contributed by atoms with E-state index in [1.807, 2.05) is 72.5 Å². The summed E-state index contributed by atoms with van der Waals surface area (Å²) in [7, 11) is 0. The molecule has 2 aliphatic rings. The number of carbonyl (C=O) groups is 4. The molecule has 0 spiro atoms. The van der Waals surface area contributed by atoms with Crippen molar-refractivity contribution in [3.63, 3.8) is 0 Å². The second-order valence-corrected chi connectivity index (χ2v) is 12.3. The van der Waals surface area contributed by atoms with E-state index in [1.54, 1.807) is 18.2 Å². The lowest BCUT2D eigenvalue weighted by Crippen LogP contribution is -2.45. The highest BCUT2D eigenvalue weighted by molar-refractivity contribution is 8.18. The summed E-state index contributed by atoms with van der Waals surface area (Å²) in [5, 5.41) is 8.48. The van der Waals surface area contributed by atoms with Crippen LogP contribution in [0, 0.1) is 0 Å². The molecule has 10 heteroatoms. The molecule has 5 rings (SSSR count). The Balaban J connectivity index is 1.47. The number of nitrogens with zero attached hydrogens (tertiary/aromatic N) is 2. The van der Waals surface area contributed by atoms with Crippen LogP contribution in [0.5, 0.6) is 11.5 Å². The van der Waals surface area contributed by atoms with Crippen molar-refractivity contribution in [1.29, 1.82) is 0 Å². The largest absolute Gasteiger partial charge is 0.489 e. The number of imide groups is 1. The summed E-state index contributed by atoms with van der Waals surface area (Å²) in [6.45, 7) is 2.20. The van der Waals surface area contributed by atoms with Gasteiger partial charge in [-0.25, -0.2) is 0 Å². The smallest absolute Gasteiger partial charge is 0.323 e. The van der Waals surface area contributed by atoms with Gasteiger partial charge in [0.1, 0.15) is 6.54 Å². The summed E-state index contributed by atoms with van der Waals surface area (Å²) in [5.74, 6) is -1.33. The monoisotopic (exact) mass is 642 g/mol. The number of carboxylic acid groups (broad SMARTS) is 1. The summed E-state index contributed by atoms with van der Waals surface area (Å²) in [6.07, 6.45) is 6.50. The van der Waals surface area contributed by atoms with Gasteiger partial charge in [0.25, 0.3) is 17.1 Å². The molecule has 46 heavy (non-hydrogen) atoms. The Bertz CT molecular complexity index is 1570. The Kier molecular flexibility index (Phi) is 11.1. The molecule has 1 saturated heterocycles. The first-order chi connectivity index (χ1) is 22.3. The van der Waals surface area contributed by atoms with E-state index in [4.69, 9.17) is 14.6 Å². The zero-order valence-corrected chi connectivity index (χ0v) is 26.6. The van der Waals surface area contributed by atoms with Crippen molar-refractivity contribution >= 4 is 40.9 Å². The zero-order chi connectivity index (χ0) is 32.5. The summed E-state index contributed by atoms with van der Waals surface area (Å²) in [4.78, 5) is 53.4. The van der Waals surface area contributed by atoms with Crippen LogP contribution in [0.4, 0.5) is 4.79 Å². The third-order valence-corrected chi connectivity index (χ3v) is 9.04. The molecule has 0 aromatic heterocycles. The van der Waals surface area contributed by atoms with Gasteiger partial charge in [0.2, 0.25) is 6.10 Å². The Morgan fingerprint density at radius 1 is 0.978 bits per heavy atom. The van der Waals surface area contributed by atoms with Gasteiger partial charge in [-0.15, -0.1) is 0 Å². The number of hydrogen-bond acceptors (Lipinski definition) is 7. The van der Waals surface area contributed by atoms with Crippen LogP contribution >= 0.6 is 11.8 Å². The first kappa shape index (κ1) is 32.8. The average molecular weight is 643 g/mol. The molecule has 1 unspecified atom stereocenters. The molecule has 1 atom stereocenters. The molecule has 1 saturated carbocycles. The van der Waals surface area contributed by atoms with Gasteiger partial charge < -0.3 is 19.5 Å². The van der Waals surface area contributed by atoms with Gasteiger partial charge in [0.05, 0.1) is 11.5 Å². The minimum Gasteiger partial charge on any atom is -0.489 e. The van der Waals surface area contributed by atoms with Crippen LogP contribution in [-0.4, -0.2) is 63.7 Å². The van der Waals surface area contributed by atoms with Crippen LogP contribution in [0.2, 0.25) is 0 Å². The fraction of sp³-hybridized carbons (Fsp3) is 0.333. The van der Waals surface area contributed by atoms with Crippen LogP contribution in [-0.2, 0) is 20.8 Å². The molecule has 1 heterocycles. The van der Waals surface area contributed by atoms with E-state index in [2.05, 4.69) is 0 Å². The number of aliphatic carboxylic acids is 1. The van der Waals surface area contributed by atoms with Crippen LogP contribution in [0.25, 0.3) is 6.08 Å². The maximum atomic E-state index is 14.3. The van der Waals surface area contributed by atoms with Gasteiger partial charge in [-0.2, -0.15) is 0 Å².